The summed E-state index contributed by atoms with van der Waals surface area (Å²) in [5.74, 6) is 0.784. The van der Waals surface area contributed by atoms with Crippen LogP contribution >= 0.6 is 11.6 Å². The van der Waals surface area contributed by atoms with E-state index in [0.29, 0.717) is 18.4 Å². The molecule has 1 saturated carbocycles. The van der Waals surface area contributed by atoms with Gasteiger partial charge in [-0.1, -0.05) is 30.7 Å². The molecule has 110 valence electrons. The average molecular weight is 295 g/mol. The molecule has 1 aliphatic rings. The monoisotopic (exact) mass is 294 g/mol. The molecule has 1 amide bonds. The van der Waals surface area contributed by atoms with Gasteiger partial charge in [0.15, 0.2) is 0 Å². The van der Waals surface area contributed by atoms with E-state index in [2.05, 4.69) is 29.7 Å². The number of carbonyl (C=O) groups is 1. The second-order valence-corrected chi connectivity index (χ2v) is 5.91. The third-order valence-electron chi connectivity index (χ3n) is 3.84. The predicted octanol–water partition coefficient (Wildman–Crippen LogP) is 3.09. The Labute approximate surface area is 126 Å². The molecule has 0 saturated heterocycles. The first-order chi connectivity index (χ1) is 9.69. The van der Waals surface area contributed by atoms with Crippen LogP contribution in [0.4, 0.5) is 0 Å². The van der Waals surface area contributed by atoms with Crippen molar-refractivity contribution in [3.05, 3.63) is 34.9 Å². The van der Waals surface area contributed by atoms with Gasteiger partial charge in [0.1, 0.15) is 0 Å². The van der Waals surface area contributed by atoms with Gasteiger partial charge in [0.05, 0.1) is 0 Å². The Kier molecular flexibility index (Phi) is 5.86. The fourth-order valence-electron chi connectivity index (χ4n) is 2.53. The molecule has 0 heterocycles. The number of nitrogens with one attached hydrogen (secondary N) is 2. The highest BCUT2D eigenvalue weighted by Crippen LogP contribution is 2.37. The highest BCUT2D eigenvalue weighted by molar-refractivity contribution is 6.30. The predicted molar refractivity (Wildman–Crippen MR) is 83.1 cm³/mol. The van der Waals surface area contributed by atoms with Gasteiger partial charge in [0, 0.05) is 30.6 Å². The molecule has 0 aromatic heterocycles. The molecular weight excluding hydrogens is 272 g/mol. The van der Waals surface area contributed by atoms with Gasteiger partial charge >= 0.3 is 0 Å². The van der Waals surface area contributed by atoms with Crippen LogP contribution in [-0.2, 0) is 4.79 Å². The second kappa shape index (κ2) is 7.65. The third kappa shape index (κ3) is 4.50. The van der Waals surface area contributed by atoms with Gasteiger partial charge in [-0.15, -0.1) is 0 Å². The van der Waals surface area contributed by atoms with Crippen molar-refractivity contribution in [3.63, 3.8) is 0 Å². The van der Waals surface area contributed by atoms with E-state index >= 15 is 0 Å². The lowest BCUT2D eigenvalue weighted by molar-refractivity contribution is -0.121. The van der Waals surface area contributed by atoms with Crippen LogP contribution in [0.5, 0.6) is 0 Å². The van der Waals surface area contributed by atoms with E-state index in [0.717, 1.165) is 37.4 Å². The Bertz CT molecular complexity index is 427. The van der Waals surface area contributed by atoms with Crippen molar-refractivity contribution in [2.45, 2.75) is 44.6 Å². The van der Waals surface area contributed by atoms with Gasteiger partial charge in [-0.05, 0) is 42.9 Å². The minimum Gasteiger partial charge on any atom is -0.356 e. The van der Waals surface area contributed by atoms with E-state index in [1.54, 1.807) is 0 Å². The normalized spacial score (nSPS) is 21.3. The van der Waals surface area contributed by atoms with Crippen LogP contribution in [0, 0.1) is 0 Å². The fourth-order valence-corrected chi connectivity index (χ4v) is 2.66. The summed E-state index contributed by atoms with van der Waals surface area (Å²) in [4.78, 5) is 11.4. The van der Waals surface area contributed by atoms with E-state index in [4.69, 9.17) is 11.6 Å². The van der Waals surface area contributed by atoms with Crippen LogP contribution < -0.4 is 10.6 Å². The van der Waals surface area contributed by atoms with Crippen LogP contribution in [0.3, 0.4) is 0 Å². The second-order valence-electron chi connectivity index (χ2n) is 5.47. The Morgan fingerprint density at radius 2 is 1.95 bits per heavy atom. The van der Waals surface area contributed by atoms with Gasteiger partial charge < -0.3 is 10.6 Å². The molecule has 0 radical (unpaired) electrons. The summed E-state index contributed by atoms with van der Waals surface area (Å²) in [5.41, 5.74) is 1.37. The summed E-state index contributed by atoms with van der Waals surface area (Å²) in [7, 11) is 0. The van der Waals surface area contributed by atoms with Crippen LogP contribution in [0.1, 0.15) is 44.1 Å². The molecule has 2 rings (SSSR count). The van der Waals surface area contributed by atoms with Crippen molar-refractivity contribution in [3.8, 4) is 0 Å². The van der Waals surface area contributed by atoms with E-state index in [1.165, 1.54) is 5.56 Å². The maximum atomic E-state index is 11.4. The fraction of sp³-hybridized carbons (Fsp3) is 0.562. The van der Waals surface area contributed by atoms with Crippen LogP contribution in [0.2, 0.25) is 5.02 Å². The maximum absolute atomic E-state index is 11.4. The number of carbonyl (C=O) groups excluding carboxylic acids is 1. The van der Waals surface area contributed by atoms with Crippen LogP contribution in [0.15, 0.2) is 24.3 Å². The van der Waals surface area contributed by atoms with Gasteiger partial charge in [-0.25, -0.2) is 0 Å². The smallest absolute Gasteiger partial charge is 0.221 e. The summed E-state index contributed by atoms with van der Waals surface area (Å²) in [6, 6.07) is 8.68. The quantitative estimate of drug-likeness (QED) is 0.811. The molecule has 0 bridgehead atoms. The molecule has 3 nitrogen and oxygen atoms in total. The standard InChI is InChI=1S/C16H23ClN2O/c1-2-8-19-16(20)7-9-18-15-10-13(11-15)12-3-5-14(17)6-4-12/h3-6,13,15,18H,2,7-11H2,1H3,(H,19,20). The topological polar surface area (TPSA) is 41.1 Å². The Morgan fingerprint density at radius 3 is 2.60 bits per heavy atom. The van der Waals surface area contributed by atoms with Crippen molar-refractivity contribution in [2.75, 3.05) is 13.1 Å². The molecule has 0 spiro atoms. The summed E-state index contributed by atoms with van der Waals surface area (Å²) >= 11 is 5.89. The van der Waals surface area contributed by atoms with E-state index in [9.17, 15) is 4.79 Å². The molecule has 0 aliphatic heterocycles. The largest absolute Gasteiger partial charge is 0.356 e. The van der Waals surface area contributed by atoms with Crippen molar-refractivity contribution in [1.82, 2.24) is 10.6 Å². The minimum atomic E-state index is 0.146. The minimum absolute atomic E-state index is 0.146. The summed E-state index contributed by atoms with van der Waals surface area (Å²) < 4.78 is 0. The molecule has 1 aromatic rings. The SMILES string of the molecule is CCCNC(=O)CCNC1CC(c2ccc(Cl)cc2)C1. The van der Waals surface area contributed by atoms with E-state index in [1.807, 2.05) is 12.1 Å². The summed E-state index contributed by atoms with van der Waals surface area (Å²) in [6.07, 6.45) is 3.86. The van der Waals surface area contributed by atoms with Crippen LogP contribution in [-0.4, -0.2) is 25.0 Å². The van der Waals surface area contributed by atoms with Gasteiger partial charge in [-0.2, -0.15) is 0 Å². The first-order valence-electron chi connectivity index (χ1n) is 7.44. The summed E-state index contributed by atoms with van der Waals surface area (Å²) in [5, 5.41) is 7.13. The van der Waals surface area contributed by atoms with Crippen molar-refractivity contribution < 1.29 is 4.79 Å². The van der Waals surface area contributed by atoms with E-state index in [-0.39, 0.29) is 5.91 Å². The zero-order valence-electron chi connectivity index (χ0n) is 12.0. The van der Waals surface area contributed by atoms with E-state index < -0.39 is 0 Å². The highest BCUT2D eigenvalue weighted by Gasteiger charge is 2.29. The number of hydrogen-bond acceptors (Lipinski definition) is 2. The van der Waals surface area contributed by atoms with Crippen molar-refractivity contribution in [1.29, 1.82) is 0 Å². The van der Waals surface area contributed by atoms with Gasteiger partial charge in [0.25, 0.3) is 0 Å². The zero-order valence-corrected chi connectivity index (χ0v) is 12.7. The highest BCUT2D eigenvalue weighted by atomic mass is 35.5. The lowest BCUT2D eigenvalue weighted by Gasteiger charge is -2.36. The Balaban J connectivity index is 1.60. The zero-order chi connectivity index (χ0) is 14.4. The number of rotatable bonds is 7. The molecule has 0 unspecified atom stereocenters. The maximum Gasteiger partial charge on any atom is 0.221 e. The Hall–Kier alpha value is -1.06. The van der Waals surface area contributed by atoms with Crippen molar-refractivity contribution in [2.24, 2.45) is 0 Å². The first-order valence-corrected chi connectivity index (χ1v) is 7.82. The Morgan fingerprint density at radius 1 is 1.25 bits per heavy atom. The molecule has 0 atom stereocenters. The number of halogens is 1. The lowest BCUT2D eigenvalue weighted by Crippen LogP contribution is -2.41. The molecular formula is C16H23ClN2O. The lowest BCUT2D eigenvalue weighted by atomic mass is 9.76. The van der Waals surface area contributed by atoms with Crippen LogP contribution in [0.25, 0.3) is 0 Å². The average Bonchev–Trinajstić information content (AvgIpc) is 2.40. The number of amides is 1. The van der Waals surface area contributed by atoms with Crippen molar-refractivity contribution >= 4 is 17.5 Å². The summed E-state index contributed by atoms with van der Waals surface area (Å²) in [6.45, 7) is 3.61. The first kappa shape index (κ1) is 15.3. The molecule has 1 aliphatic carbocycles. The molecule has 1 aromatic carbocycles. The third-order valence-corrected chi connectivity index (χ3v) is 4.09. The van der Waals surface area contributed by atoms with Gasteiger partial charge in [-0.3, -0.25) is 4.79 Å². The molecule has 20 heavy (non-hydrogen) atoms. The van der Waals surface area contributed by atoms with Gasteiger partial charge in [0.2, 0.25) is 5.91 Å². The molecule has 2 N–H and O–H groups in total. The number of hydrogen-bond donors (Lipinski definition) is 2. The number of benzene rings is 1. The molecule has 4 heteroatoms. The molecule has 1 fully saturated rings.